The van der Waals surface area contributed by atoms with E-state index in [4.69, 9.17) is 0 Å². The molecule has 0 aromatic heterocycles. The van der Waals surface area contributed by atoms with Crippen LogP contribution in [0, 0.1) is 0 Å². The van der Waals surface area contributed by atoms with Crippen molar-refractivity contribution in [2.75, 3.05) is 6.61 Å². The SMILES string of the molecule is CCOC(=O)CC1(C)OO1. The van der Waals surface area contributed by atoms with E-state index in [1.54, 1.807) is 13.8 Å². The zero-order valence-electron chi connectivity index (χ0n) is 6.05. The fourth-order valence-electron chi connectivity index (χ4n) is 0.604. The average molecular weight is 146 g/mol. The maximum Gasteiger partial charge on any atom is 0.311 e. The maximum atomic E-state index is 10.7. The second-order valence-corrected chi connectivity index (χ2v) is 2.28. The Bertz CT molecular complexity index is 139. The van der Waals surface area contributed by atoms with Crippen LogP contribution in [0.5, 0.6) is 0 Å². The summed E-state index contributed by atoms with van der Waals surface area (Å²) in [5, 5.41) is 0. The summed E-state index contributed by atoms with van der Waals surface area (Å²) < 4.78 is 4.66. The van der Waals surface area contributed by atoms with Gasteiger partial charge in [0.05, 0.1) is 6.61 Å². The molecule has 0 amide bonds. The predicted octanol–water partition coefficient (Wildman–Crippen LogP) is 0.618. The molecule has 0 radical (unpaired) electrons. The van der Waals surface area contributed by atoms with Crippen LogP contribution in [-0.2, 0) is 19.3 Å². The molecule has 4 heteroatoms. The second-order valence-electron chi connectivity index (χ2n) is 2.28. The zero-order chi connectivity index (χ0) is 7.61. The lowest BCUT2D eigenvalue weighted by Crippen LogP contribution is -2.14. The van der Waals surface area contributed by atoms with Crippen molar-refractivity contribution in [2.45, 2.75) is 26.1 Å². The van der Waals surface area contributed by atoms with Crippen LogP contribution in [0.4, 0.5) is 0 Å². The minimum atomic E-state index is -0.702. The van der Waals surface area contributed by atoms with E-state index in [2.05, 4.69) is 14.5 Å². The molecule has 1 saturated heterocycles. The molecule has 10 heavy (non-hydrogen) atoms. The van der Waals surface area contributed by atoms with Crippen molar-refractivity contribution in [2.24, 2.45) is 0 Å². The molecule has 4 nitrogen and oxygen atoms in total. The van der Waals surface area contributed by atoms with E-state index in [0.29, 0.717) is 6.61 Å². The van der Waals surface area contributed by atoms with Crippen LogP contribution in [0.3, 0.4) is 0 Å². The van der Waals surface area contributed by atoms with Gasteiger partial charge in [-0.25, -0.2) is 0 Å². The van der Waals surface area contributed by atoms with Gasteiger partial charge in [-0.15, -0.1) is 0 Å². The van der Waals surface area contributed by atoms with Crippen LogP contribution in [0.1, 0.15) is 20.3 Å². The molecular weight excluding hydrogens is 136 g/mol. The lowest BCUT2D eigenvalue weighted by Gasteiger charge is -1.99. The first-order valence-electron chi connectivity index (χ1n) is 3.19. The van der Waals surface area contributed by atoms with E-state index in [-0.39, 0.29) is 12.4 Å². The highest BCUT2D eigenvalue weighted by atomic mass is 17.4. The molecule has 0 spiro atoms. The Hall–Kier alpha value is -0.610. The third-order valence-corrected chi connectivity index (χ3v) is 1.14. The summed E-state index contributed by atoms with van der Waals surface area (Å²) in [7, 11) is 0. The first kappa shape index (κ1) is 7.50. The number of carbonyl (C=O) groups is 1. The van der Waals surface area contributed by atoms with Gasteiger partial charge in [0.2, 0.25) is 5.79 Å². The summed E-state index contributed by atoms with van der Waals surface area (Å²) in [6.45, 7) is 3.84. The molecule has 1 rings (SSSR count). The van der Waals surface area contributed by atoms with Crippen molar-refractivity contribution >= 4 is 5.97 Å². The number of hydrogen-bond acceptors (Lipinski definition) is 4. The molecule has 0 N–H and O–H groups in total. The van der Waals surface area contributed by atoms with E-state index < -0.39 is 5.79 Å². The van der Waals surface area contributed by atoms with Gasteiger partial charge >= 0.3 is 5.97 Å². The molecule has 1 aliphatic rings. The van der Waals surface area contributed by atoms with Crippen LogP contribution in [0.2, 0.25) is 0 Å². The fraction of sp³-hybridized carbons (Fsp3) is 0.833. The maximum absolute atomic E-state index is 10.7. The van der Waals surface area contributed by atoms with Gasteiger partial charge in [0.25, 0.3) is 0 Å². The number of esters is 1. The Morgan fingerprint density at radius 3 is 2.60 bits per heavy atom. The van der Waals surface area contributed by atoms with E-state index >= 15 is 0 Å². The van der Waals surface area contributed by atoms with Gasteiger partial charge in [0, 0.05) is 0 Å². The molecular formula is C6H10O4. The number of rotatable bonds is 3. The Morgan fingerprint density at radius 2 is 2.20 bits per heavy atom. The Kier molecular flexibility index (Phi) is 1.92. The van der Waals surface area contributed by atoms with E-state index in [1.807, 2.05) is 0 Å². The van der Waals surface area contributed by atoms with Gasteiger partial charge in [-0.1, -0.05) is 0 Å². The van der Waals surface area contributed by atoms with Gasteiger partial charge in [-0.2, -0.15) is 9.78 Å². The molecule has 1 fully saturated rings. The number of carbonyl (C=O) groups excluding carboxylic acids is 1. The standard InChI is InChI=1S/C6H10O4/c1-3-8-5(7)4-6(2)9-10-6/h3-4H2,1-2H3. The normalized spacial score (nSPS) is 20.2. The van der Waals surface area contributed by atoms with Gasteiger partial charge < -0.3 is 4.74 Å². The minimum Gasteiger partial charge on any atom is -0.466 e. The van der Waals surface area contributed by atoms with Crippen molar-refractivity contribution in [1.29, 1.82) is 0 Å². The molecule has 0 atom stereocenters. The van der Waals surface area contributed by atoms with Crippen molar-refractivity contribution in [1.82, 2.24) is 0 Å². The van der Waals surface area contributed by atoms with Gasteiger partial charge in [-0.3, -0.25) is 4.79 Å². The Labute approximate surface area is 59.0 Å². The highest BCUT2D eigenvalue weighted by Gasteiger charge is 2.46. The monoisotopic (exact) mass is 146 g/mol. The summed E-state index contributed by atoms with van der Waals surface area (Å²) in [6, 6.07) is 0. The van der Waals surface area contributed by atoms with Crippen LogP contribution >= 0.6 is 0 Å². The number of ether oxygens (including phenoxy) is 1. The quantitative estimate of drug-likeness (QED) is 0.332. The molecule has 0 saturated carbocycles. The van der Waals surface area contributed by atoms with E-state index in [9.17, 15) is 4.79 Å². The Balaban J connectivity index is 2.18. The first-order chi connectivity index (χ1) is 4.66. The smallest absolute Gasteiger partial charge is 0.311 e. The van der Waals surface area contributed by atoms with E-state index in [1.165, 1.54) is 0 Å². The van der Waals surface area contributed by atoms with Gasteiger partial charge in [-0.05, 0) is 13.8 Å². The molecule has 1 aliphatic heterocycles. The molecule has 0 bridgehead atoms. The second kappa shape index (κ2) is 2.56. The average Bonchev–Trinajstić information content (AvgIpc) is 2.48. The van der Waals surface area contributed by atoms with Gasteiger partial charge in [0.15, 0.2) is 0 Å². The summed E-state index contributed by atoms with van der Waals surface area (Å²) in [5.41, 5.74) is 0. The molecule has 1 heterocycles. The lowest BCUT2D eigenvalue weighted by molar-refractivity contribution is -0.144. The molecule has 0 aromatic rings. The number of hydrogen-bond donors (Lipinski definition) is 0. The van der Waals surface area contributed by atoms with Crippen LogP contribution < -0.4 is 0 Å². The predicted molar refractivity (Wildman–Crippen MR) is 31.8 cm³/mol. The molecule has 0 unspecified atom stereocenters. The van der Waals surface area contributed by atoms with Crippen LogP contribution in [0.25, 0.3) is 0 Å². The fourth-order valence-corrected chi connectivity index (χ4v) is 0.604. The van der Waals surface area contributed by atoms with Crippen molar-refractivity contribution < 1.29 is 19.3 Å². The molecule has 0 aromatic carbocycles. The van der Waals surface area contributed by atoms with Crippen molar-refractivity contribution in [3.63, 3.8) is 0 Å². The lowest BCUT2D eigenvalue weighted by atomic mass is 10.2. The van der Waals surface area contributed by atoms with Crippen LogP contribution in [-0.4, -0.2) is 18.4 Å². The third kappa shape index (κ3) is 1.97. The zero-order valence-corrected chi connectivity index (χ0v) is 6.05. The largest absolute Gasteiger partial charge is 0.466 e. The summed E-state index contributed by atoms with van der Waals surface area (Å²) in [5.74, 6) is -0.991. The highest BCUT2D eigenvalue weighted by molar-refractivity contribution is 5.70. The third-order valence-electron chi connectivity index (χ3n) is 1.14. The Morgan fingerprint density at radius 1 is 1.60 bits per heavy atom. The first-order valence-corrected chi connectivity index (χ1v) is 3.19. The summed E-state index contributed by atoms with van der Waals surface area (Å²) >= 11 is 0. The van der Waals surface area contributed by atoms with Crippen LogP contribution in [0.15, 0.2) is 0 Å². The van der Waals surface area contributed by atoms with Gasteiger partial charge in [0.1, 0.15) is 6.42 Å². The molecule has 58 valence electrons. The van der Waals surface area contributed by atoms with E-state index in [0.717, 1.165) is 0 Å². The molecule has 0 aliphatic carbocycles. The highest BCUT2D eigenvalue weighted by Crippen LogP contribution is 2.32. The summed E-state index contributed by atoms with van der Waals surface area (Å²) in [4.78, 5) is 19.7. The van der Waals surface area contributed by atoms with Crippen molar-refractivity contribution in [3.05, 3.63) is 0 Å². The minimum absolute atomic E-state index is 0.167. The topological polar surface area (TPSA) is 51.4 Å². The summed E-state index contributed by atoms with van der Waals surface area (Å²) in [6.07, 6.45) is 0.167. The van der Waals surface area contributed by atoms with Crippen molar-refractivity contribution in [3.8, 4) is 0 Å².